The predicted octanol–water partition coefficient (Wildman–Crippen LogP) is 1.63. The Morgan fingerprint density at radius 1 is 1.26 bits per heavy atom. The first-order valence-corrected chi connectivity index (χ1v) is 10.4. The summed E-state index contributed by atoms with van der Waals surface area (Å²) < 4.78 is 26.5. The normalized spacial score (nSPS) is 19.5. The molecule has 23 heavy (non-hydrogen) atoms. The largest absolute Gasteiger partial charge is 0.353 e. The van der Waals surface area contributed by atoms with E-state index in [1.165, 1.54) is 22.3 Å². The van der Waals surface area contributed by atoms with Crippen LogP contribution in [0.3, 0.4) is 0 Å². The number of thioether (sulfide) groups is 1. The smallest absolute Gasteiger partial charge is 0.244 e. The molecule has 0 aromatic carbocycles. The maximum Gasteiger partial charge on any atom is 0.244 e. The van der Waals surface area contributed by atoms with Gasteiger partial charge in [-0.1, -0.05) is 18.2 Å². The number of carbonyl (C=O) groups is 1. The Hall–Kier alpha value is -1.12. The third-order valence-corrected chi connectivity index (χ3v) is 6.78. The molecule has 1 N–H and O–H groups in total. The molecule has 0 radical (unpaired) electrons. The van der Waals surface area contributed by atoms with E-state index in [-0.39, 0.29) is 10.8 Å². The SMILES string of the molecule is O=C(CSc1ccc(S(=O)(=O)N2CCCCC2)cn1)NC1CC1. The number of nitrogens with zero attached hydrogens (tertiary/aromatic N) is 2. The fraction of sp³-hybridized carbons (Fsp3) is 0.600. The molecule has 8 heteroatoms. The molecule has 126 valence electrons. The number of sulfonamides is 1. The van der Waals surface area contributed by atoms with Crippen LogP contribution in [0.4, 0.5) is 0 Å². The number of nitrogens with one attached hydrogen (secondary N) is 1. The maximum absolute atomic E-state index is 12.5. The Morgan fingerprint density at radius 3 is 2.61 bits per heavy atom. The van der Waals surface area contributed by atoms with Gasteiger partial charge in [-0.05, 0) is 37.8 Å². The Balaban J connectivity index is 1.58. The summed E-state index contributed by atoms with van der Waals surface area (Å²) in [6.45, 7) is 1.17. The standard InChI is InChI=1S/C15H21N3O3S2/c19-14(17-12-4-5-12)11-22-15-7-6-13(10-16-15)23(20,21)18-8-2-1-3-9-18/h6-7,10,12H,1-5,8-9,11H2,(H,17,19). The average Bonchev–Trinajstić information content (AvgIpc) is 3.38. The lowest BCUT2D eigenvalue weighted by atomic mass is 10.2. The highest BCUT2D eigenvalue weighted by Crippen LogP contribution is 2.23. The fourth-order valence-corrected chi connectivity index (χ4v) is 4.61. The van der Waals surface area contributed by atoms with E-state index in [4.69, 9.17) is 0 Å². The van der Waals surface area contributed by atoms with Gasteiger partial charge >= 0.3 is 0 Å². The maximum atomic E-state index is 12.5. The number of hydrogen-bond donors (Lipinski definition) is 1. The average molecular weight is 355 g/mol. The second-order valence-corrected chi connectivity index (χ2v) is 8.86. The number of aromatic nitrogens is 1. The van der Waals surface area contributed by atoms with Crippen LogP contribution in [0.5, 0.6) is 0 Å². The van der Waals surface area contributed by atoms with Crippen molar-refractivity contribution in [3.05, 3.63) is 18.3 Å². The van der Waals surface area contributed by atoms with Gasteiger partial charge in [0.1, 0.15) is 4.90 Å². The van der Waals surface area contributed by atoms with Gasteiger partial charge in [0, 0.05) is 25.3 Å². The molecule has 1 saturated heterocycles. The molecule has 0 bridgehead atoms. The Labute approximate surface area is 141 Å². The third-order valence-electron chi connectivity index (χ3n) is 3.96. The van der Waals surface area contributed by atoms with E-state index in [1.807, 2.05) is 0 Å². The van der Waals surface area contributed by atoms with Crippen LogP contribution in [-0.2, 0) is 14.8 Å². The molecule has 1 amide bonds. The van der Waals surface area contributed by atoms with Crippen molar-refractivity contribution in [1.82, 2.24) is 14.6 Å². The van der Waals surface area contributed by atoms with Crippen LogP contribution < -0.4 is 5.32 Å². The van der Waals surface area contributed by atoms with Gasteiger partial charge in [-0.2, -0.15) is 4.31 Å². The van der Waals surface area contributed by atoms with Crippen molar-refractivity contribution in [3.63, 3.8) is 0 Å². The first-order chi connectivity index (χ1) is 11.1. The molecule has 6 nitrogen and oxygen atoms in total. The third kappa shape index (κ3) is 4.45. The molecular weight excluding hydrogens is 334 g/mol. The van der Waals surface area contributed by atoms with E-state index >= 15 is 0 Å². The summed E-state index contributed by atoms with van der Waals surface area (Å²) in [7, 11) is -3.44. The molecule has 1 saturated carbocycles. The minimum absolute atomic E-state index is 0.00400. The number of pyridine rings is 1. The molecule has 2 fully saturated rings. The summed E-state index contributed by atoms with van der Waals surface area (Å²) in [4.78, 5) is 16.0. The van der Waals surface area contributed by atoms with Crippen molar-refractivity contribution in [2.24, 2.45) is 0 Å². The second kappa shape index (κ2) is 7.19. The second-order valence-electron chi connectivity index (χ2n) is 5.93. The van der Waals surface area contributed by atoms with Gasteiger partial charge in [0.15, 0.2) is 0 Å². The minimum atomic E-state index is -3.44. The summed E-state index contributed by atoms with van der Waals surface area (Å²) in [6, 6.07) is 3.61. The molecular formula is C15H21N3O3S2. The zero-order valence-electron chi connectivity index (χ0n) is 12.9. The number of carbonyl (C=O) groups excluding carboxylic acids is 1. The van der Waals surface area contributed by atoms with Gasteiger partial charge in [-0.3, -0.25) is 4.79 Å². The van der Waals surface area contributed by atoms with Crippen molar-refractivity contribution in [1.29, 1.82) is 0 Å². The topological polar surface area (TPSA) is 79.4 Å². The van der Waals surface area contributed by atoms with Crippen LogP contribution >= 0.6 is 11.8 Å². The van der Waals surface area contributed by atoms with Crippen LogP contribution in [0, 0.1) is 0 Å². The lowest BCUT2D eigenvalue weighted by molar-refractivity contribution is -0.118. The molecule has 1 aliphatic carbocycles. The lowest BCUT2D eigenvalue weighted by Crippen LogP contribution is -2.35. The lowest BCUT2D eigenvalue weighted by Gasteiger charge is -2.25. The van der Waals surface area contributed by atoms with Crippen LogP contribution in [0.2, 0.25) is 0 Å². The molecule has 0 atom stereocenters. The minimum Gasteiger partial charge on any atom is -0.353 e. The molecule has 1 aromatic heterocycles. The molecule has 2 heterocycles. The zero-order valence-corrected chi connectivity index (χ0v) is 14.5. The van der Waals surface area contributed by atoms with E-state index in [0.29, 0.717) is 29.9 Å². The van der Waals surface area contributed by atoms with E-state index < -0.39 is 10.0 Å². The van der Waals surface area contributed by atoms with Crippen LogP contribution in [0.15, 0.2) is 28.3 Å². The number of rotatable bonds is 6. The van der Waals surface area contributed by atoms with E-state index in [9.17, 15) is 13.2 Å². The van der Waals surface area contributed by atoms with Crippen molar-refractivity contribution < 1.29 is 13.2 Å². The number of hydrogen-bond acceptors (Lipinski definition) is 5. The highest BCUT2D eigenvalue weighted by Gasteiger charge is 2.26. The van der Waals surface area contributed by atoms with Crippen molar-refractivity contribution in [2.45, 2.75) is 48.1 Å². The quantitative estimate of drug-likeness (QED) is 0.785. The van der Waals surface area contributed by atoms with Crippen LogP contribution in [0.1, 0.15) is 32.1 Å². The first kappa shape index (κ1) is 16.7. The van der Waals surface area contributed by atoms with Gasteiger partial charge in [-0.15, -0.1) is 0 Å². The number of piperidine rings is 1. The Kier molecular flexibility index (Phi) is 5.23. The van der Waals surface area contributed by atoms with Gasteiger partial charge in [-0.25, -0.2) is 13.4 Å². The zero-order chi connectivity index (χ0) is 16.3. The molecule has 1 aliphatic heterocycles. The summed E-state index contributed by atoms with van der Waals surface area (Å²) in [5.74, 6) is 0.311. The van der Waals surface area contributed by atoms with E-state index in [0.717, 1.165) is 32.1 Å². The molecule has 3 rings (SSSR count). The van der Waals surface area contributed by atoms with Gasteiger partial charge in [0.2, 0.25) is 15.9 Å². The highest BCUT2D eigenvalue weighted by atomic mass is 32.2. The van der Waals surface area contributed by atoms with Crippen LogP contribution in [0.25, 0.3) is 0 Å². The van der Waals surface area contributed by atoms with Gasteiger partial charge < -0.3 is 5.32 Å². The first-order valence-electron chi connectivity index (χ1n) is 7.94. The number of amides is 1. The Bertz CT molecular complexity index is 651. The Morgan fingerprint density at radius 2 is 2.00 bits per heavy atom. The fourth-order valence-electron chi connectivity index (χ4n) is 2.50. The van der Waals surface area contributed by atoms with Crippen molar-refractivity contribution in [2.75, 3.05) is 18.8 Å². The van der Waals surface area contributed by atoms with Crippen LogP contribution in [-0.4, -0.2) is 48.5 Å². The summed E-state index contributed by atoms with van der Waals surface area (Å²) in [6.07, 6.45) is 6.44. The molecule has 2 aliphatic rings. The van der Waals surface area contributed by atoms with E-state index in [1.54, 1.807) is 12.1 Å². The molecule has 0 unspecified atom stereocenters. The van der Waals surface area contributed by atoms with Crippen molar-refractivity contribution in [3.8, 4) is 0 Å². The van der Waals surface area contributed by atoms with Gasteiger partial charge in [0.05, 0.1) is 10.8 Å². The molecule has 1 aromatic rings. The monoisotopic (exact) mass is 355 g/mol. The van der Waals surface area contributed by atoms with Gasteiger partial charge in [0.25, 0.3) is 0 Å². The predicted molar refractivity (Wildman–Crippen MR) is 88.7 cm³/mol. The summed E-state index contributed by atoms with van der Waals surface area (Å²) >= 11 is 1.32. The summed E-state index contributed by atoms with van der Waals surface area (Å²) in [5, 5.41) is 3.57. The molecule has 0 spiro atoms. The van der Waals surface area contributed by atoms with E-state index in [2.05, 4.69) is 10.3 Å². The van der Waals surface area contributed by atoms with Crippen molar-refractivity contribution >= 4 is 27.7 Å². The summed E-state index contributed by atoms with van der Waals surface area (Å²) in [5.41, 5.74) is 0. The highest BCUT2D eigenvalue weighted by molar-refractivity contribution is 7.99.